The fourth-order valence-electron chi connectivity index (χ4n) is 3.56. The van der Waals surface area contributed by atoms with Gasteiger partial charge in [-0.1, -0.05) is 13.8 Å². The van der Waals surface area contributed by atoms with Crippen molar-refractivity contribution in [3.63, 3.8) is 0 Å². The molecule has 19 heavy (non-hydrogen) atoms. The smallest absolute Gasteiger partial charge is 0.239 e. The number of carbonyl (C=O) groups excluding carboxylic acids is 1. The topological polar surface area (TPSA) is 35.6 Å². The third kappa shape index (κ3) is 3.29. The summed E-state index contributed by atoms with van der Waals surface area (Å²) in [6, 6.07) is 0.538. The summed E-state index contributed by atoms with van der Waals surface area (Å²) in [5, 5.41) is 3.30. The van der Waals surface area contributed by atoms with Crippen molar-refractivity contribution in [2.24, 2.45) is 11.8 Å². The van der Waals surface area contributed by atoms with Gasteiger partial charge in [-0.15, -0.1) is 0 Å². The Morgan fingerprint density at radius 2 is 1.84 bits per heavy atom. The van der Waals surface area contributed by atoms with Crippen LogP contribution in [0.3, 0.4) is 0 Å². The summed E-state index contributed by atoms with van der Waals surface area (Å²) in [7, 11) is 0. The van der Waals surface area contributed by atoms with Gasteiger partial charge in [0.25, 0.3) is 0 Å². The predicted octanol–water partition coefficient (Wildman–Crippen LogP) is 1.17. The van der Waals surface area contributed by atoms with E-state index in [0.717, 1.165) is 32.7 Å². The maximum atomic E-state index is 12.6. The van der Waals surface area contributed by atoms with E-state index in [4.69, 9.17) is 0 Å². The SMILES string of the molecule is CC1CC(C)C(C)N(C(C)C(=O)N2CCNCC2)C1. The molecule has 2 fully saturated rings. The Morgan fingerprint density at radius 1 is 1.21 bits per heavy atom. The molecular formula is C15H29N3O. The van der Waals surface area contributed by atoms with E-state index in [1.807, 2.05) is 4.90 Å². The molecule has 4 atom stereocenters. The molecule has 2 aliphatic rings. The molecule has 1 amide bonds. The summed E-state index contributed by atoms with van der Waals surface area (Å²) < 4.78 is 0. The van der Waals surface area contributed by atoms with Crippen molar-refractivity contribution in [2.75, 3.05) is 32.7 Å². The van der Waals surface area contributed by atoms with E-state index in [1.54, 1.807) is 0 Å². The van der Waals surface area contributed by atoms with Crippen LogP contribution in [0.15, 0.2) is 0 Å². The maximum Gasteiger partial charge on any atom is 0.239 e. The number of piperazine rings is 1. The first-order chi connectivity index (χ1) is 9.00. The molecule has 0 spiro atoms. The van der Waals surface area contributed by atoms with Crippen molar-refractivity contribution in [3.05, 3.63) is 0 Å². The van der Waals surface area contributed by atoms with E-state index in [0.29, 0.717) is 23.8 Å². The lowest BCUT2D eigenvalue weighted by molar-refractivity contribution is -0.139. The number of carbonyl (C=O) groups is 1. The second kappa shape index (κ2) is 6.23. The maximum absolute atomic E-state index is 12.6. The molecule has 1 N–H and O–H groups in total. The summed E-state index contributed by atoms with van der Waals surface area (Å²) in [6.07, 6.45) is 1.28. The van der Waals surface area contributed by atoms with E-state index in [1.165, 1.54) is 6.42 Å². The van der Waals surface area contributed by atoms with Crippen molar-refractivity contribution in [1.29, 1.82) is 0 Å². The lowest BCUT2D eigenvalue weighted by atomic mass is 9.85. The molecule has 2 heterocycles. The Balaban J connectivity index is 2.00. The van der Waals surface area contributed by atoms with E-state index in [2.05, 4.69) is 37.9 Å². The lowest BCUT2D eigenvalue weighted by Gasteiger charge is -2.45. The van der Waals surface area contributed by atoms with Crippen molar-refractivity contribution in [3.8, 4) is 0 Å². The van der Waals surface area contributed by atoms with Crippen LogP contribution in [0, 0.1) is 11.8 Å². The molecule has 4 heteroatoms. The highest BCUT2D eigenvalue weighted by Gasteiger charge is 2.35. The summed E-state index contributed by atoms with van der Waals surface area (Å²) >= 11 is 0. The molecule has 110 valence electrons. The van der Waals surface area contributed by atoms with Crippen LogP contribution >= 0.6 is 0 Å². The fraction of sp³-hybridized carbons (Fsp3) is 0.933. The highest BCUT2D eigenvalue weighted by molar-refractivity contribution is 5.81. The van der Waals surface area contributed by atoms with Crippen LogP contribution in [0.1, 0.15) is 34.1 Å². The number of hydrogen-bond acceptors (Lipinski definition) is 3. The zero-order valence-corrected chi connectivity index (χ0v) is 12.9. The van der Waals surface area contributed by atoms with Gasteiger partial charge in [0.15, 0.2) is 0 Å². The normalized spacial score (nSPS) is 35.2. The predicted molar refractivity (Wildman–Crippen MR) is 78.0 cm³/mol. The number of piperidine rings is 1. The molecule has 4 unspecified atom stereocenters. The summed E-state index contributed by atoms with van der Waals surface area (Å²) in [5.74, 6) is 1.70. The van der Waals surface area contributed by atoms with Gasteiger partial charge in [0.2, 0.25) is 5.91 Å². The lowest BCUT2D eigenvalue weighted by Crippen LogP contribution is -2.57. The van der Waals surface area contributed by atoms with E-state index in [-0.39, 0.29) is 6.04 Å². The monoisotopic (exact) mass is 267 g/mol. The first-order valence-electron chi connectivity index (χ1n) is 7.76. The van der Waals surface area contributed by atoms with Crippen LogP contribution < -0.4 is 5.32 Å². The van der Waals surface area contributed by atoms with Gasteiger partial charge in [-0.25, -0.2) is 0 Å². The van der Waals surface area contributed by atoms with Crippen LogP contribution in [-0.4, -0.2) is 60.5 Å². The Morgan fingerprint density at radius 3 is 2.47 bits per heavy atom. The van der Waals surface area contributed by atoms with Crippen LogP contribution in [0.4, 0.5) is 0 Å². The molecule has 0 saturated carbocycles. The number of nitrogens with zero attached hydrogens (tertiary/aromatic N) is 2. The van der Waals surface area contributed by atoms with E-state index < -0.39 is 0 Å². The van der Waals surface area contributed by atoms with E-state index >= 15 is 0 Å². The van der Waals surface area contributed by atoms with Crippen LogP contribution in [-0.2, 0) is 4.79 Å². The van der Waals surface area contributed by atoms with Gasteiger partial charge in [-0.3, -0.25) is 9.69 Å². The molecule has 4 nitrogen and oxygen atoms in total. The second-order valence-electron chi connectivity index (χ2n) is 6.51. The van der Waals surface area contributed by atoms with Gasteiger partial charge in [-0.2, -0.15) is 0 Å². The third-order valence-electron chi connectivity index (χ3n) is 4.93. The molecule has 2 rings (SSSR count). The number of rotatable bonds is 2. The van der Waals surface area contributed by atoms with Gasteiger partial charge >= 0.3 is 0 Å². The summed E-state index contributed by atoms with van der Waals surface area (Å²) in [6.45, 7) is 13.6. The minimum absolute atomic E-state index is 0.0262. The van der Waals surface area contributed by atoms with Crippen molar-refractivity contribution < 1.29 is 4.79 Å². The number of nitrogens with one attached hydrogen (secondary N) is 1. The molecule has 0 radical (unpaired) electrons. The molecule has 0 bridgehead atoms. The summed E-state index contributed by atoms with van der Waals surface area (Å²) in [5.41, 5.74) is 0. The van der Waals surface area contributed by atoms with Gasteiger partial charge in [0.1, 0.15) is 0 Å². The quantitative estimate of drug-likeness (QED) is 0.816. The summed E-state index contributed by atoms with van der Waals surface area (Å²) in [4.78, 5) is 17.1. The largest absolute Gasteiger partial charge is 0.339 e. The van der Waals surface area contributed by atoms with Gasteiger partial charge < -0.3 is 10.2 Å². The minimum Gasteiger partial charge on any atom is -0.339 e. The molecule has 0 aromatic heterocycles. The first kappa shape index (κ1) is 14.8. The Labute approximate surface area is 117 Å². The third-order valence-corrected chi connectivity index (χ3v) is 4.93. The average Bonchev–Trinajstić information content (AvgIpc) is 2.42. The van der Waals surface area contributed by atoms with Crippen LogP contribution in [0.5, 0.6) is 0 Å². The van der Waals surface area contributed by atoms with Crippen molar-refractivity contribution in [2.45, 2.75) is 46.2 Å². The number of hydrogen-bond donors (Lipinski definition) is 1. The van der Waals surface area contributed by atoms with Crippen molar-refractivity contribution in [1.82, 2.24) is 15.1 Å². The number of likely N-dealkylation sites (tertiary alicyclic amines) is 1. The first-order valence-corrected chi connectivity index (χ1v) is 7.76. The standard InChI is InChI=1S/C15H29N3O/c1-11-9-12(2)13(3)18(10-11)14(4)15(19)17-7-5-16-6-8-17/h11-14,16H,5-10H2,1-4H3. The number of amides is 1. The molecule has 0 aliphatic carbocycles. The van der Waals surface area contributed by atoms with Crippen LogP contribution in [0.2, 0.25) is 0 Å². The molecular weight excluding hydrogens is 238 g/mol. The van der Waals surface area contributed by atoms with Crippen LogP contribution in [0.25, 0.3) is 0 Å². The molecule has 2 saturated heterocycles. The molecule has 2 aliphatic heterocycles. The Kier molecular flexibility index (Phi) is 4.85. The zero-order chi connectivity index (χ0) is 14.0. The average molecular weight is 267 g/mol. The molecule has 0 aromatic carbocycles. The second-order valence-corrected chi connectivity index (χ2v) is 6.51. The zero-order valence-electron chi connectivity index (χ0n) is 12.9. The fourth-order valence-corrected chi connectivity index (χ4v) is 3.56. The van der Waals surface area contributed by atoms with Gasteiger partial charge in [-0.05, 0) is 32.1 Å². The minimum atomic E-state index is 0.0262. The highest BCUT2D eigenvalue weighted by Crippen LogP contribution is 2.28. The Hall–Kier alpha value is -0.610. The van der Waals surface area contributed by atoms with Gasteiger partial charge in [0, 0.05) is 38.8 Å². The van der Waals surface area contributed by atoms with E-state index in [9.17, 15) is 4.79 Å². The van der Waals surface area contributed by atoms with Crippen molar-refractivity contribution >= 4 is 5.91 Å². The highest BCUT2D eigenvalue weighted by atomic mass is 16.2. The molecule has 0 aromatic rings. The Bertz CT molecular complexity index is 315. The van der Waals surface area contributed by atoms with Gasteiger partial charge in [0.05, 0.1) is 6.04 Å².